The maximum atomic E-state index is 14.3. The third-order valence-corrected chi connectivity index (χ3v) is 10.4. The van der Waals surface area contributed by atoms with Crippen molar-refractivity contribution in [1.82, 2.24) is 19.6 Å². The lowest BCUT2D eigenvalue weighted by molar-refractivity contribution is -0.145. The van der Waals surface area contributed by atoms with Crippen molar-refractivity contribution in [2.75, 3.05) is 26.7 Å². The van der Waals surface area contributed by atoms with E-state index in [9.17, 15) is 14.3 Å². The van der Waals surface area contributed by atoms with Crippen molar-refractivity contribution in [2.45, 2.75) is 83.3 Å². The fourth-order valence-electron chi connectivity index (χ4n) is 8.17. The Labute approximate surface area is 266 Å². The van der Waals surface area contributed by atoms with Crippen LogP contribution in [0, 0.1) is 17.7 Å². The number of likely N-dealkylation sites (tertiary alicyclic amines) is 1. The van der Waals surface area contributed by atoms with Gasteiger partial charge in [-0.15, -0.1) is 0 Å². The summed E-state index contributed by atoms with van der Waals surface area (Å²) in [4.78, 5) is 16.8. The number of carboxylic acid groups (broad SMARTS) is 1. The van der Waals surface area contributed by atoms with Crippen LogP contribution in [0.25, 0.3) is 11.0 Å². The highest BCUT2D eigenvalue weighted by Gasteiger charge is 2.42. The molecule has 0 spiro atoms. The third kappa shape index (κ3) is 6.87. The quantitative estimate of drug-likeness (QED) is 0.193. The van der Waals surface area contributed by atoms with Crippen LogP contribution in [0.15, 0.2) is 65.3 Å². The van der Waals surface area contributed by atoms with Gasteiger partial charge in [0, 0.05) is 42.6 Å². The minimum absolute atomic E-state index is 0.00966. The number of rotatable bonds is 11. The Balaban J connectivity index is 1.12. The highest BCUT2D eigenvalue weighted by molar-refractivity contribution is 5.77. The van der Waals surface area contributed by atoms with Gasteiger partial charge in [0.2, 0.25) is 0 Å². The van der Waals surface area contributed by atoms with Gasteiger partial charge in [-0.1, -0.05) is 32.0 Å². The molecule has 4 atom stereocenters. The molecule has 4 aromatic rings. The number of piperidine rings is 1. The van der Waals surface area contributed by atoms with Crippen LogP contribution in [0.5, 0.6) is 0 Å². The fraction of sp³-hybridized carbons (Fsp3) is 0.514. The number of hydrogen-bond donors (Lipinski definition) is 1. The molecule has 0 bridgehead atoms. The molecule has 1 N–H and O–H groups in total. The number of hydrogen-bond acceptors (Lipinski definition) is 5. The number of fused-ring (bicyclic) bond motifs is 1. The summed E-state index contributed by atoms with van der Waals surface area (Å²) in [5.74, 6) is 0.0610. The van der Waals surface area contributed by atoms with Gasteiger partial charge in [-0.2, -0.15) is 5.10 Å². The van der Waals surface area contributed by atoms with Crippen molar-refractivity contribution in [2.24, 2.45) is 11.8 Å². The van der Waals surface area contributed by atoms with E-state index in [2.05, 4.69) is 39.6 Å². The average Bonchev–Trinajstić information content (AvgIpc) is 3.75. The summed E-state index contributed by atoms with van der Waals surface area (Å²) in [6.45, 7) is 9.96. The second kappa shape index (κ2) is 13.5. The Hall–Kier alpha value is -3.49. The molecule has 0 amide bonds. The maximum absolute atomic E-state index is 14.3. The Morgan fingerprint density at radius 1 is 1.11 bits per heavy atom. The van der Waals surface area contributed by atoms with Gasteiger partial charge >= 0.3 is 5.97 Å². The molecule has 0 unspecified atom stereocenters. The maximum Gasteiger partial charge on any atom is 0.321 e. The van der Waals surface area contributed by atoms with Gasteiger partial charge in [-0.05, 0) is 118 Å². The van der Waals surface area contributed by atoms with Crippen molar-refractivity contribution in [3.05, 3.63) is 89.2 Å². The molecule has 1 saturated carbocycles. The minimum atomic E-state index is -0.770. The van der Waals surface area contributed by atoms with Gasteiger partial charge in [0.05, 0.1) is 12.0 Å². The van der Waals surface area contributed by atoms with Gasteiger partial charge in [0.15, 0.2) is 0 Å². The standard InChI is InChI=1S/C37H47FN4O3/c1-5-42-34(21-31(39-42)18-25-9-10-35-28(17-25)13-16-45-35)26-11-14-41(15-12-26)23-29-20-32(40(4)36(24(2)3)37(43)44)22-33(29)27-7-6-8-30(38)19-27/h6-10,13,16-17,19,21,24,26,29,32-33,36H,5,11-12,14-15,18,20,22-23H2,1-4H3,(H,43,44)/t29-,32+,33-,36-/m1/s1. The summed E-state index contributed by atoms with van der Waals surface area (Å²) in [5, 5.41) is 16.1. The zero-order chi connectivity index (χ0) is 31.7. The highest BCUT2D eigenvalue weighted by atomic mass is 19.1. The SMILES string of the molecule is CCn1nc(Cc2ccc3occc3c2)cc1C1CCN(C[C@H]2C[C@H](N(C)[C@@H](C(=O)O)C(C)C)C[C@@H]2c2cccc(F)c2)CC1. The molecule has 8 heteroatoms. The summed E-state index contributed by atoms with van der Waals surface area (Å²) in [6.07, 6.45) is 6.48. The molecule has 240 valence electrons. The van der Waals surface area contributed by atoms with Crippen LogP contribution in [0.1, 0.15) is 80.8 Å². The van der Waals surface area contributed by atoms with Gasteiger partial charge in [0.1, 0.15) is 17.4 Å². The molecule has 2 aliphatic rings. The van der Waals surface area contributed by atoms with E-state index in [-0.39, 0.29) is 23.7 Å². The first-order valence-electron chi connectivity index (χ1n) is 16.7. The number of carbonyl (C=O) groups is 1. The topological polar surface area (TPSA) is 74.7 Å². The van der Waals surface area contributed by atoms with E-state index in [4.69, 9.17) is 9.52 Å². The van der Waals surface area contributed by atoms with Crippen molar-refractivity contribution in [1.29, 1.82) is 0 Å². The normalized spacial score (nSPS) is 22.2. The molecule has 45 heavy (non-hydrogen) atoms. The summed E-state index contributed by atoms with van der Waals surface area (Å²) < 4.78 is 22.0. The predicted molar refractivity (Wildman–Crippen MR) is 175 cm³/mol. The van der Waals surface area contributed by atoms with Crippen molar-refractivity contribution in [3.63, 3.8) is 0 Å². The van der Waals surface area contributed by atoms with E-state index in [0.717, 1.165) is 80.5 Å². The van der Waals surface area contributed by atoms with Crippen molar-refractivity contribution in [3.8, 4) is 0 Å². The second-order valence-corrected chi connectivity index (χ2v) is 13.7. The van der Waals surface area contributed by atoms with Gasteiger partial charge in [-0.25, -0.2) is 4.39 Å². The smallest absolute Gasteiger partial charge is 0.321 e. The van der Waals surface area contributed by atoms with Crippen molar-refractivity contribution >= 4 is 16.9 Å². The number of aromatic nitrogens is 2. The number of nitrogens with zero attached hydrogens (tertiary/aromatic N) is 4. The highest BCUT2D eigenvalue weighted by Crippen LogP contribution is 2.43. The molecule has 2 aromatic carbocycles. The van der Waals surface area contributed by atoms with Crippen LogP contribution < -0.4 is 0 Å². The van der Waals surface area contributed by atoms with Crippen LogP contribution in [-0.2, 0) is 17.8 Å². The molecule has 7 nitrogen and oxygen atoms in total. The van der Waals surface area contributed by atoms with Crippen LogP contribution in [0.3, 0.4) is 0 Å². The first kappa shape index (κ1) is 31.5. The van der Waals surface area contributed by atoms with E-state index in [1.54, 1.807) is 18.4 Å². The van der Waals surface area contributed by atoms with Gasteiger partial charge < -0.3 is 14.4 Å². The Morgan fingerprint density at radius 3 is 2.62 bits per heavy atom. The van der Waals surface area contributed by atoms with Gasteiger partial charge in [0.25, 0.3) is 0 Å². The Morgan fingerprint density at radius 2 is 1.91 bits per heavy atom. The molecule has 0 radical (unpaired) electrons. The lowest BCUT2D eigenvalue weighted by atomic mass is 9.87. The number of aliphatic carboxylic acids is 1. The zero-order valence-corrected chi connectivity index (χ0v) is 27.0. The number of likely N-dealkylation sites (N-methyl/N-ethyl adjacent to an activating group) is 1. The average molecular weight is 615 g/mol. The summed E-state index contributed by atoms with van der Waals surface area (Å²) >= 11 is 0. The zero-order valence-electron chi connectivity index (χ0n) is 27.0. The lowest BCUT2D eigenvalue weighted by Gasteiger charge is -2.35. The van der Waals surface area contributed by atoms with E-state index in [1.807, 2.05) is 39.1 Å². The predicted octanol–water partition coefficient (Wildman–Crippen LogP) is 7.16. The molecule has 6 rings (SSSR count). The monoisotopic (exact) mass is 614 g/mol. The number of carboxylic acids is 1. The molecule has 2 fully saturated rings. The molecular weight excluding hydrogens is 567 g/mol. The van der Waals surface area contributed by atoms with Crippen LogP contribution >= 0.6 is 0 Å². The summed E-state index contributed by atoms with van der Waals surface area (Å²) in [7, 11) is 1.96. The fourth-order valence-corrected chi connectivity index (χ4v) is 8.17. The number of furan rings is 1. The molecule has 1 aliphatic carbocycles. The van der Waals surface area contributed by atoms with Crippen LogP contribution in [0.2, 0.25) is 0 Å². The van der Waals surface area contributed by atoms with Gasteiger partial charge in [-0.3, -0.25) is 14.4 Å². The summed E-state index contributed by atoms with van der Waals surface area (Å²) in [6, 6.07) is 17.3. The van der Waals surface area contributed by atoms with E-state index in [0.29, 0.717) is 11.8 Å². The molecular formula is C37H47FN4O3. The Bertz CT molecular complexity index is 1600. The van der Waals surface area contributed by atoms with Crippen LogP contribution in [-0.4, -0.2) is 69.4 Å². The third-order valence-electron chi connectivity index (χ3n) is 10.4. The van der Waals surface area contributed by atoms with Crippen molar-refractivity contribution < 1.29 is 18.7 Å². The number of halogens is 1. The van der Waals surface area contributed by atoms with Crippen LogP contribution in [0.4, 0.5) is 4.39 Å². The molecule has 2 aromatic heterocycles. The second-order valence-electron chi connectivity index (χ2n) is 13.7. The van der Waals surface area contributed by atoms with E-state index >= 15 is 0 Å². The van der Waals surface area contributed by atoms with E-state index < -0.39 is 12.0 Å². The number of benzene rings is 2. The lowest BCUT2D eigenvalue weighted by Crippen LogP contribution is -2.47. The largest absolute Gasteiger partial charge is 0.480 e. The number of aryl methyl sites for hydroxylation is 1. The molecule has 1 saturated heterocycles. The Kier molecular flexibility index (Phi) is 9.43. The molecule has 3 heterocycles. The first-order chi connectivity index (χ1) is 21.7. The molecule has 1 aliphatic heterocycles. The summed E-state index contributed by atoms with van der Waals surface area (Å²) in [5.41, 5.74) is 5.63. The van der Waals surface area contributed by atoms with E-state index in [1.165, 1.54) is 17.3 Å². The first-order valence-corrected chi connectivity index (χ1v) is 16.7. The minimum Gasteiger partial charge on any atom is -0.480 e.